The fraction of sp³-hybridized carbons (Fsp3) is 0.545. The number of aliphatic hydroxyl groups excluding tert-OH is 1. The van der Waals surface area contributed by atoms with Crippen molar-refractivity contribution in [2.45, 2.75) is 26.8 Å². The summed E-state index contributed by atoms with van der Waals surface area (Å²) in [5.41, 5.74) is 7.62. The Hall–Kier alpha value is -0.930. The summed E-state index contributed by atoms with van der Waals surface area (Å²) in [6.07, 6.45) is 1.79. The number of aliphatic hydroxyl groups is 1. The molecular weight excluding hydrogens is 176 g/mol. The molecule has 0 aliphatic rings. The maximum Gasteiger partial charge on any atom is 0.0577 e. The predicted octanol–water partition coefficient (Wildman–Crippen LogP) is 1.41. The minimum absolute atomic E-state index is 0.0592. The van der Waals surface area contributed by atoms with Crippen LogP contribution in [0.4, 0.5) is 0 Å². The average molecular weight is 194 g/mol. The van der Waals surface area contributed by atoms with Gasteiger partial charge in [-0.2, -0.15) is 0 Å². The second kappa shape index (κ2) is 4.07. The number of nitrogens with zero attached hydrogens (tertiary/aromatic N) is 1. The second-order valence-electron chi connectivity index (χ2n) is 4.38. The van der Waals surface area contributed by atoms with Crippen molar-refractivity contribution in [2.24, 2.45) is 11.1 Å². The molecule has 1 rings (SSSR count). The molecule has 0 saturated heterocycles. The molecule has 0 saturated carbocycles. The van der Waals surface area contributed by atoms with Gasteiger partial charge in [0.25, 0.3) is 0 Å². The van der Waals surface area contributed by atoms with E-state index in [1.165, 1.54) is 0 Å². The normalized spacial score (nSPS) is 14.1. The molecule has 1 heterocycles. The summed E-state index contributed by atoms with van der Waals surface area (Å²) in [5.74, 6) is 0. The first-order valence-corrected chi connectivity index (χ1v) is 4.76. The van der Waals surface area contributed by atoms with Crippen LogP contribution in [0.1, 0.15) is 31.1 Å². The van der Waals surface area contributed by atoms with Gasteiger partial charge < -0.3 is 10.8 Å². The zero-order valence-electron chi connectivity index (χ0n) is 8.99. The predicted molar refractivity (Wildman–Crippen MR) is 56.8 cm³/mol. The smallest absolute Gasteiger partial charge is 0.0577 e. The second-order valence-corrected chi connectivity index (χ2v) is 4.38. The van der Waals surface area contributed by atoms with Crippen LogP contribution in [0.5, 0.6) is 0 Å². The van der Waals surface area contributed by atoms with Gasteiger partial charge in [0.1, 0.15) is 0 Å². The van der Waals surface area contributed by atoms with Crippen molar-refractivity contribution in [1.82, 2.24) is 4.98 Å². The lowest BCUT2D eigenvalue weighted by Gasteiger charge is -2.28. The number of hydrogen-bond acceptors (Lipinski definition) is 3. The van der Waals surface area contributed by atoms with Crippen LogP contribution >= 0.6 is 0 Å². The van der Waals surface area contributed by atoms with Crippen molar-refractivity contribution in [3.05, 3.63) is 29.6 Å². The maximum absolute atomic E-state index is 9.17. The first-order valence-electron chi connectivity index (χ1n) is 4.76. The Labute approximate surface area is 85.0 Å². The molecule has 3 heteroatoms. The Balaban J connectivity index is 2.89. The van der Waals surface area contributed by atoms with Crippen LogP contribution in [0.2, 0.25) is 0 Å². The van der Waals surface area contributed by atoms with E-state index in [1.807, 2.05) is 32.9 Å². The van der Waals surface area contributed by atoms with Crippen LogP contribution in [0.25, 0.3) is 0 Å². The van der Waals surface area contributed by atoms with Gasteiger partial charge >= 0.3 is 0 Å². The van der Waals surface area contributed by atoms with Crippen LogP contribution in [0, 0.1) is 12.3 Å². The summed E-state index contributed by atoms with van der Waals surface area (Å²) in [6, 6.07) is 3.67. The Morgan fingerprint density at radius 2 is 2.14 bits per heavy atom. The van der Waals surface area contributed by atoms with E-state index >= 15 is 0 Å². The maximum atomic E-state index is 9.17. The number of nitrogens with two attached hydrogens (primary N) is 1. The lowest BCUT2D eigenvalue weighted by molar-refractivity contribution is 0.130. The summed E-state index contributed by atoms with van der Waals surface area (Å²) in [6.45, 7) is 5.90. The molecule has 1 aromatic rings. The molecule has 1 unspecified atom stereocenters. The van der Waals surface area contributed by atoms with Crippen LogP contribution in [-0.4, -0.2) is 16.7 Å². The van der Waals surface area contributed by atoms with Crippen molar-refractivity contribution in [2.75, 3.05) is 6.61 Å². The van der Waals surface area contributed by atoms with Gasteiger partial charge in [-0.3, -0.25) is 4.98 Å². The quantitative estimate of drug-likeness (QED) is 0.764. The van der Waals surface area contributed by atoms with E-state index in [0.717, 1.165) is 11.3 Å². The lowest BCUT2D eigenvalue weighted by atomic mass is 9.84. The third kappa shape index (κ3) is 2.30. The highest BCUT2D eigenvalue weighted by Gasteiger charge is 2.27. The van der Waals surface area contributed by atoms with E-state index in [0.29, 0.717) is 0 Å². The van der Waals surface area contributed by atoms with Crippen molar-refractivity contribution in [3.63, 3.8) is 0 Å². The first-order chi connectivity index (χ1) is 6.47. The van der Waals surface area contributed by atoms with E-state index in [1.54, 1.807) is 6.20 Å². The van der Waals surface area contributed by atoms with Crippen LogP contribution in [0.15, 0.2) is 18.3 Å². The molecule has 3 N–H and O–H groups in total. The lowest BCUT2D eigenvalue weighted by Crippen LogP contribution is -2.33. The van der Waals surface area contributed by atoms with Crippen molar-refractivity contribution in [1.29, 1.82) is 0 Å². The molecule has 0 bridgehead atoms. The molecule has 0 aromatic carbocycles. The van der Waals surface area contributed by atoms with Crippen LogP contribution in [0.3, 0.4) is 0 Å². The summed E-state index contributed by atoms with van der Waals surface area (Å²) in [7, 11) is 0. The van der Waals surface area contributed by atoms with E-state index in [-0.39, 0.29) is 18.1 Å². The van der Waals surface area contributed by atoms with Gasteiger partial charge in [0.15, 0.2) is 0 Å². The number of rotatable bonds is 3. The molecule has 14 heavy (non-hydrogen) atoms. The summed E-state index contributed by atoms with van der Waals surface area (Å²) in [4.78, 5) is 4.26. The molecule has 1 atom stereocenters. The average Bonchev–Trinajstić information content (AvgIpc) is 2.18. The SMILES string of the molecule is Cc1ccc(C(N)C(C)(C)CO)nc1. The zero-order chi connectivity index (χ0) is 10.8. The molecule has 0 radical (unpaired) electrons. The molecule has 0 spiro atoms. The zero-order valence-corrected chi connectivity index (χ0v) is 8.99. The van der Waals surface area contributed by atoms with Gasteiger partial charge in [0, 0.05) is 11.6 Å². The summed E-state index contributed by atoms with van der Waals surface area (Å²) >= 11 is 0. The Morgan fingerprint density at radius 3 is 2.57 bits per heavy atom. The van der Waals surface area contributed by atoms with Gasteiger partial charge in [-0.05, 0) is 18.6 Å². The van der Waals surface area contributed by atoms with Crippen LogP contribution < -0.4 is 5.73 Å². The van der Waals surface area contributed by atoms with E-state index in [4.69, 9.17) is 5.73 Å². The largest absolute Gasteiger partial charge is 0.396 e. The monoisotopic (exact) mass is 194 g/mol. The molecule has 0 aliphatic carbocycles. The standard InChI is InChI=1S/C11H18N2O/c1-8-4-5-9(13-6-8)10(12)11(2,3)7-14/h4-6,10,14H,7,12H2,1-3H3. The fourth-order valence-corrected chi connectivity index (χ4v) is 1.16. The summed E-state index contributed by atoms with van der Waals surface area (Å²) < 4.78 is 0. The number of hydrogen-bond donors (Lipinski definition) is 2. The van der Waals surface area contributed by atoms with Gasteiger partial charge in [0.2, 0.25) is 0 Å². The highest BCUT2D eigenvalue weighted by Crippen LogP contribution is 2.29. The van der Waals surface area contributed by atoms with Crippen molar-refractivity contribution < 1.29 is 5.11 Å². The number of aromatic nitrogens is 1. The Morgan fingerprint density at radius 1 is 1.50 bits per heavy atom. The molecular formula is C11H18N2O. The van der Waals surface area contributed by atoms with Crippen molar-refractivity contribution in [3.8, 4) is 0 Å². The molecule has 0 fully saturated rings. The van der Waals surface area contributed by atoms with Gasteiger partial charge in [-0.15, -0.1) is 0 Å². The molecule has 78 valence electrons. The van der Waals surface area contributed by atoms with Gasteiger partial charge in [-0.25, -0.2) is 0 Å². The van der Waals surface area contributed by atoms with E-state index in [2.05, 4.69) is 4.98 Å². The fourth-order valence-electron chi connectivity index (χ4n) is 1.16. The van der Waals surface area contributed by atoms with Gasteiger partial charge in [-0.1, -0.05) is 19.9 Å². The molecule has 3 nitrogen and oxygen atoms in total. The summed E-state index contributed by atoms with van der Waals surface area (Å²) in [5, 5.41) is 9.17. The van der Waals surface area contributed by atoms with E-state index < -0.39 is 0 Å². The molecule has 0 amide bonds. The highest BCUT2D eigenvalue weighted by molar-refractivity contribution is 5.16. The molecule has 1 aromatic heterocycles. The third-order valence-corrected chi connectivity index (χ3v) is 2.50. The number of pyridine rings is 1. The topological polar surface area (TPSA) is 59.1 Å². The third-order valence-electron chi connectivity index (χ3n) is 2.50. The van der Waals surface area contributed by atoms with E-state index in [9.17, 15) is 5.11 Å². The van der Waals surface area contributed by atoms with Crippen LogP contribution in [-0.2, 0) is 0 Å². The number of aryl methyl sites for hydroxylation is 1. The minimum atomic E-state index is -0.331. The van der Waals surface area contributed by atoms with Gasteiger partial charge in [0.05, 0.1) is 18.3 Å². The first kappa shape index (κ1) is 11.1. The Kier molecular flexibility index (Phi) is 3.24. The minimum Gasteiger partial charge on any atom is -0.396 e. The Bertz CT molecular complexity index is 293. The van der Waals surface area contributed by atoms with Crippen molar-refractivity contribution >= 4 is 0 Å². The highest BCUT2D eigenvalue weighted by atomic mass is 16.3. The molecule has 0 aliphatic heterocycles.